The molecule has 1 nitrogen and oxygen atoms in total. The molecular formula is C18H26BrNS. The number of hydrogen-bond acceptors (Lipinski definition) is 2. The summed E-state index contributed by atoms with van der Waals surface area (Å²) in [7, 11) is 0. The number of halogens is 1. The van der Waals surface area contributed by atoms with E-state index in [4.69, 9.17) is 0 Å². The molecular weight excluding hydrogens is 342 g/mol. The van der Waals surface area contributed by atoms with Gasteiger partial charge < -0.3 is 5.32 Å². The van der Waals surface area contributed by atoms with Crippen molar-refractivity contribution in [2.45, 2.75) is 65.0 Å². The third-order valence-electron chi connectivity index (χ3n) is 6.49. The van der Waals surface area contributed by atoms with Gasteiger partial charge in [-0.25, -0.2) is 0 Å². The third-order valence-corrected chi connectivity index (χ3v) is 8.63. The number of aryl methyl sites for hydroxylation is 1. The average Bonchev–Trinajstić information content (AvgIpc) is 2.73. The fourth-order valence-corrected chi connectivity index (χ4v) is 7.34. The molecule has 4 aliphatic carbocycles. The van der Waals surface area contributed by atoms with Gasteiger partial charge in [0.05, 0.1) is 0 Å². The molecule has 1 atom stereocenters. The van der Waals surface area contributed by atoms with Gasteiger partial charge in [-0.15, -0.1) is 11.3 Å². The maximum atomic E-state index is 3.89. The van der Waals surface area contributed by atoms with E-state index in [-0.39, 0.29) is 0 Å². The molecule has 0 aliphatic heterocycles. The van der Waals surface area contributed by atoms with Crippen LogP contribution in [-0.2, 0) is 6.54 Å². The van der Waals surface area contributed by atoms with Crippen LogP contribution in [0.25, 0.3) is 0 Å². The standard InChI is InChI=1S/C18H26BrNS/c1-11-17(19)6-16(21-11)10-20-12(2)18-7-13-3-14(8-18)5-15(4-13)9-18/h6,12-15,20H,3-5,7-10H2,1-2H3. The zero-order valence-electron chi connectivity index (χ0n) is 13.1. The van der Waals surface area contributed by atoms with Crippen LogP contribution < -0.4 is 5.32 Å². The second-order valence-electron chi connectivity index (χ2n) is 8.00. The minimum absolute atomic E-state index is 0.623. The number of thiophene rings is 1. The highest BCUT2D eigenvalue weighted by Gasteiger charge is 2.52. The number of nitrogens with one attached hydrogen (secondary N) is 1. The molecule has 116 valence electrons. The lowest BCUT2D eigenvalue weighted by Crippen LogP contribution is -2.54. The lowest BCUT2D eigenvalue weighted by atomic mass is 9.48. The van der Waals surface area contributed by atoms with E-state index in [1.807, 2.05) is 11.3 Å². The first kappa shape index (κ1) is 14.7. The molecule has 0 radical (unpaired) electrons. The summed E-state index contributed by atoms with van der Waals surface area (Å²) in [5.41, 5.74) is 0.623. The molecule has 4 aliphatic rings. The predicted molar refractivity (Wildman–Crippen MR) is 93.7 cm³/mol. The van der Waals surface area contributed by atoms with Crippen LogP contribution >= 0.6 is 27.3 Å². The van der Waals surface area contributed by atoms with Crippen LogP contribution in [0, 0.1) is 30.1 Å². The van der Waals surface area contributed by atoms with Crippen LogP contribution in [0.5, 0.6) is 0 Å². The molecule has 0 aromatic carbocycles. The van der Waals surface area contributed by atoms with Gasteiger partial charge in [-0.1, -0.05) is 0 Å². The minimum Gasteiger partial charge on any atom is -0.309 e. The molecule has 1 aromatic rings. The zero-order chi connectivity index (χ0) is 14.6. The molecule has 0 amide bonds. The molecule has 1 aromatic heterocycles. The third kappa shape index (κ3) is 2.64. The summed E-state index contributed by atoms with van der Waals surface area (Å²) < 4.78 is 1.27. The summed E-state index contributed by atoms with van der Waals surface area (Å²) in [6, 6.07) is 2.96. The first-order chi connectivity index (χ1) is 10.0. The van der Waals surface area contributed by atoms with Crippen LogP contribution in [0.3, 0.4) is 0 Å². The van der Waals surface area contributed by atoms with Gasteiger partial charge in [0, 0.05) is 26.8 Å². The van der Waals surface area contributed by atoms with Gasteiger partial charge in [-0.3, -0.25) is 0 Å². The molecule has 1 N–H and O–H groups in total. The van der Waals surface area contributed by atoms with Crippen molar-refractivity contribution in [1.29, 1.82) is 0 Å². The summed E-state index contributed by atoms with van der Waals surface area (Å²) in [4.78, 5) is 2.87. The monoisotopic (exact) mass is 367 g/mol. The van der Waals surface area contributed by atoms with E-state index in [9.17, 15) is 0 Å². The Bertz CT molecular complexity index is 481. The van der Waals surface area contributed by atoms with Gasteiger partial charge in [0.15, 0.2) is 0 Å². The quantitative estimate of drug-likeness (QED) is 0.739. The lowest BCUT2D eigenvalue weighted by Gasteiger charge is -2.59. The van der Waals surface area contributed by atoms with Crippen molar-refractivity contribution in [3.8, 4) is 0 Å². The summed E-state index contributed by atoms with van der Waals surface area (Å²) >= 11 is 5.56. The SMILES string of the molecule is Cc1sc(CNC(C)C23CC4CC(CC(C4)C2)C3)cc1Br. The van der Waals surface area contributed by atoms with E-state index in [0.717, 1.165) is 24.3 Å². The van der Waals surface area contributed by atoms with Crippen molar-refractivity contribution >= 4 is 27.3 Å². The Kier molecular flexibility index (Phi) is 3.75. The van der Waals surface area contributed by atoms with Crippen molar-refractivity contribution < 1.29 is 0 Å². The van der Waals surface area contributed by atoms with Crippen molar-refractivity contribution in [1.82, 2.24) is 5.32 Å². The summed E-state index contributed by atoms with van der Waals surface area (Å²) in [6.45, 7) is 5.70. The molecule has 1 heterocycles. The second-order valence-corrected chi connectivity index (χ2v) is 10.2. The number of rotatable bonds is 4. The molecule has 0 saturated heterocycles. The predicted octanol–water partition coefficient (Wildman–Crippen LogP) is 5.51. The molecule has 3 heteroatoms. The van der Waals surface area contributed by atoms with Crippen LogP contribution in [0.1, 0.15) is 55.2 Å². The van der Waals surface area contributed by atoms with E-state index in [1.54, 1.807) is 19.3 Å². The molecule has 21 heavy (non-hydrogen) atoms. The van der Waals surface area contributed by atoms with E-state index in [0.29, 0.717) is 11.5 Å². The Labute approximate surface area is 141 Å². The highest BCUT2D eigenvalue weighted by atomic mass is 79.9. The smallest absolute Gasteiger partial charge is 0.0314 e. The normalized spacial score (nSPS) is 38.9. The van der Waals surface area contributed by atoms with E-state index >= 15 is 0 Å². The van der Waals surface area contributed by atoms with E-state index in [1.165, 1.54) is 33.5 Å². The molecule has 4 saturated carbocycles. The Morgan fingerprint density at radius 2 is 1.81 bits per heavy atom. The molecule has 1 unspecified atom stereocenters. The van der Waals surface area contributed by atoms with Gasteiger partial charge in [-0.2, -0.15) is 0 Å². The van der Waals surface area contributed by atoms with Gasteiger partial charge in [0.1, 0.15) is 0 Å². The topological polar surface area (TPSA) is 12.0 Å². The highest BCUT2D eigenvalue weighted by Crippen LogP contribution is 2.61. The zero-order valence-corrected chi connectivity index (χ0v) is 15.5. The first-order valence-electron chi connectivity index (χ1n) is 8.52. The Morgan fingerprint density at radius 3 is 2.29 bits per heavy atom. The fourth-order valence-electron chi connectivity index (χ4n) is 5.78. The minimum atomic E-state index is 0.623. The Balaban J connectivity index is 1.44. The van der Waals surface area contributed by atoms with Gasteiger partial charge in [0.2, 0.25) is 0 Å². The van der Waals surface area contributed by atoms with Gasteiger partial charge in [0.25, 0.3) is 0 Å². The van der Waals surface area contributed by atoms with Crippen LogP contribution in [0.15, 0.2) is 10.5 Å². The van der Waals surface area contributed by atoms with Crippen LogP contribution in [0.2, 0.25) is 0 Å². The summed E-state index contributed by atoms with van der Waals surface area (Å²) in [5, 5.41) is 3.89. The number of hydrogen-bond donors (Lipinski definition) is 1. The summed E-state index contributed by atoms with van der Waals surface area (Å²) in [5.74, 6) is 3.16. The second kappa shape index (κ2) is 5.35. The largest absolute Gasteiger partial charge is 0.309 e. The lowest BCUT2D eigenvalue weighted by molar-refractivity contribution is -0.0706. The van der Waals surface area contributed by atoms with Gasteiger partial charge in [-0.05, 0) is 97.5 Å². The van der Waals surface area contributed by atoms with Crippen molar-refractivity contribution in [3.63, 3.8) is 0 Å². The highest BCUT2D eigenvalue weighted by molar-refractivity contribution is 9.10. The maximum absolute atomic E-state index is 3.89. The maximum Gasteiger partial charge on any atom is 0.0314 e. The Hall–Kier alpha value is 0.140. The fraction of sp³-hybridized carbons (Fsp3) is 0.778. The van der Waals surface area contributed by atoms with Crippen LogP contribution in [0.4, 0.5) is 0 Å². The molecule has 5 rings (SSSR count). The van der Waals surface area contributed by atoms with Crippen LogP contribution in [-0.4, -0.2) is 6.04 Å². The van der Waals surface area contributed by atoms with E-state index in [2.05, 4.69) is 41.2 Å². The molecule has 4 bridgehead atoms. The average molecular weight is 368 g/mol. The first-order valence-corrected chi connectivity index (χ1v) is 10.1. The van der Waals surface area contributed by atoms with Crippen molar-refractivity contribution in [2.24, 2.45) is 23.2 Å². The Morgan fingerprint density at radius 1 is 1.24 bits per heavy atom. The van der Waals surface area contributed by atoms with Crippen molar-refractivity contribution in [2.75, 3.05) is 0 Å². The van der Waals surface area contributed by atoms with Gasteiger partial charge >= 0.3 is 0 Å². The van der Waals surface area contributed by atoms with Crippen molar-refractivity contribution in [3.05, 3.63) is 20.3 Å². The molecule has 4 fully saturated rings. The summed E-state index contributed by atoms with van der Waals surface area (Å²) in [6.07, 6.45) is 9.14. The van der Waals surface area contributed by atoms with E-state index < -0.39 is 0 Å². The molecule has 0 spiro atoms.